The van der Waals surface area contributed by atoms with E-state index >= 15 is 0 Å². The van der Waals surface area contributed by atoms with Gasteiger partial charge < -0.3 is 9.80 Å². The van der Waals surface area contributed by atoms with E-state index in [4.69, 9.17) is 0 Å². The van der Waals surface area contributed by atoms with Gasteiger partial charge in [-0.15, -0.1) is 12.4 Å². The molecule has 1 aliphatic rings. The predicted molar refractivity (Wildman–Crippen MR) is 87.0 cm³/mol. The maximum absolute atomic E-state index is 12.2. The molecule has 0 N–H and O–H groups in total. The van der Waals surface area contributed by atoms with Crippen molar-refractivity contribution in [2.75, 3.05) is 38.1 Å². The second-order valence-electron chi connectivity index (χ2n) is 5.40. The molecule has 2 aromatic heterocycles. The summed E-state index contributed by atoms with van der Waals surface area (Å²) < 4.78 is 2.41. The first-order valence-corrected chi connectivity index (χ1v) is 6.85. The molecule has 8 nitrogen and oxygen atoms in total. The molecule has 0 amide bonds. The van der Waals surface area contributed by atoms with Crippen LogP contribution >= 0.6 is 12.4 Å². The number of hydrogen-bond donors (Lipinski definition) is 0. The molecule has 0 radical (unpaired) electrons. The molecule has 0 atom stereocenters. The zero-order valence-corrected chi connectivity index (χ0v) is 13.6. The lowest BCUT2D eigenvalue weighted by molar-refractivity contribution is 0.312. The van der Waals surface area contributed by atoms with Gasteiger partial charge in [-0.05, 0) is 7.05 Å². The van der Waals surface area contributed by atoms with E-state index in [0.29, 0.717) is 11.5 Å². The minimum atomic E-state index is -0.406. The minimum Gasteiger partial charge on any atom is -0.353 e. The number of likely N-dealkylation sites (N-methyl/N-ethyl adjacent to an activating group) is 1. The van der Waals surface area contributed by atoms with Crippen molar-refractivity contribution < 1.29 is 0 Å². The third-order valence-corrected chi connectivity index (χ3v) is 3.97. The first-order valence-electron chi connectivity index (χ1n) is 6.85. The summed E-state index contributed by atoms with van der Waals surface area (Å²) in [5, 5.41) is 0. The first kappa shape index (κ1) is 16.4. The molecule has 0 saturated carbocycles. The molecule has 120 valence electrons. The Morgan fingerprint density at radius 2 is 1.64 bits per heavy atom. The lowest BCUT2D eigenvalue weighted by Crippen LogP contribution is -2.45. The van der Waals surface area contributed by atoms with Gasteiger partial charge in [0.15, 0.2) is 11.2 Å². The molecule has 0 aliphatic carbocycles. The summed E-state index contributed by atoms with van der Waals surface area (Å²) in [7, 11) is 5.12. The van der Waals surface area contributed by atoms with Crippen LogP contribution in [0.15, 0.2) is 15.8 Å². The van der Waals surface area contributed by atoms with Gasteiger partial charge in [-0.1, -0.05) is 0 Å². The highest BCUT2D eigenvalue weighted by Gasteiger charge is 2.18. The van der Waals surface area contributed by atoms with Gasteiger partial charge in [0.1, 0.15) is 5.82 Å². The summed E-state index contributed by atoms with van der Waals surface area (Å²) in [5.74, 6) is 0.686. The molecule has 1 fully saturated rings. The Bertz CT molecular complexity index is 807. The second-order valence-corrected chi connectivity index (χ2v) is 5.40. The Morgan fingerprint density at radius 1 is 1.00 bits per heavy atom. The van der Waals surface area contributed by atoms with E-state index in [-0.39, 0.29) is 17.9 Å². The smallest absolute Gasteiger partial charge is 0.332 e. The van der Waals surface area contributed by atoms with Crippen LogP contribution in [-0.4, -0.2) is 57.2 Å². The van der Waals surface area contributed by atoms with Gasteiger partial charge in [-0.2, -0.15) is 0 Å². The van der Waals surface area contributed by atoms with Crippen LogP contribution in [0.25, 0.3) is 11.2 Å². The average Bonchev–Trinajstić information content (AvgIpc) is 2.51. The monoisotopic (exact) mass is 326 g/mol. The van der Waals surface area contributed by atoms with E-state index in [0.717, 1.165) is 30.7 Å². The molecule has 0 unspecified atom stereocenters. The number of aryl methyl sites for hydroxylation is 1. The van der Waals surface area contributed by atoms with Crippen molar-refractivity contribution in [3.8, 4) is 0 Å². The predicted octanol–water partition coefficient (Wildman–Crippen LogP) is -0.799. The summed E-state index contributed by atoms with van der Waals surface area (Å²) in [6.45, 7) is 3.60. The Hall–Kier alpha value is -1.93. The molecule has 22 heavy (non-hydrogen) atoms. The van der Waals surface area contributed by atoms with Gasteiger partial charge in [0.2, 0.25) is 0 Å². The summed E-state index contributed by atoms with van der Waals surface area (Å²) in [5.41, 5.74) is -0.247. The van der Waals surface area contributed by atoms with Crippen LogP contribution in [0.3, 0.4) is 0 Å². The van der Waals surface area contributed by atoms with Crippen molar-refractivity contribution in [2.45, 2.75) is 0 Å². The Balaban J connectivity index is 0.00000176. The average molecular weight is 327 g/mol. The van der Waals surface area contributed by atoms with E-state index in [1.54, 1.807) is 13.2 Å². The molecule has 3 heterocycles. The van der Waals surface area contributed by atoms with Crippen LogP contribution in [0.2, 0.25) is 0 Å². The van der Waals surface area contributed by atoms with Crippen LogP contribution in [0.4, 0.5) is 5.82 Å². The molecule has 2 aromatic rings. The normalized spacial score (nSPS) is 15.9. The summed E-state index contributed by atoms with van der Waals surface area (Å²) in [6, 6.07) is 0. The summed E-state index contributed by atoms with van der Waals surface area (Å²) >= 11 is 0. The fourth-order valence-electron chi connectivity index (χ4n) is 2.51. The van der Waals surface area contributed by atoms with Crippen molar-refractivity contribution in [1.82, 2.24) is 24.0 Å². The fourth-order valence-corrected chi connectivity index (χ4v) is 2.51. The van der Waals surface area contributed by atoms with E-state index in [9.17, 15) is 9.59 Å². The molecular weight excluding hydrogens is 308 g/mol. The standard InChI is InChI=1S/C13H18N6O2.ClH/c1-16-4-6-19(7-5-16)9-8-14-11-10(15-9)12(20)18(3)13(21)17(11)2;/h8H,4-7H2,1-3H3;1H. The molecule has 0 spiro atoms. The van der Waals surface area contributed by atoms with Crippen LogP contribution in [0.5, 0.6) is 0 Å². The van der Waals surface area contributed by atoms with Gasteiger partial charge >= 0.3 is 5.69 Å². The van der Waals surface area contributed by atoms with Crippen LogP contribution < -0.4 is 16.1 Å². The number of halogens is 1. The van der Waals surface area contributed by atoms with Gasteiger partial charge in [-0.3, -0.25) is 13.9 Å². The lowest BCUT2D eigenvalue weighted by Gasteiger charge is -2.33. The highest BCUT2D eigenvalue weighted by molar-refractivity contribution is 5.85. The first-order chi connectivity index (χ1) is 9.99. The maximum atomic E-state index is 12.2. The molecule has 0 bridgehead atoms. The summed E-state index contributed by atoms with van der Waals surface area (Å²) in [6.07, 6.45) is 1.63. The third-order valence-electron chi connectivity index (χ3n) is 3.97. The van der Waals surface area contributed by atoms with E-state index < -0.39 is 11.2 Å². The number of nitrogens with zero attached hydrogens (tertiary/aromatic N) is 6. The van der Waals surface area contributed by atoms with Gasteiger partial charge in [0, 0.05) is 40.3 Å². The molecule has 3 rings (SSSR count). The number of rotatable bonds is 1. The highest BCUT2D eigenvalue weighted by atomic mass is 35.5. The molecule has 0 aromatic carbocycles. The number of piperazine rings is 1. The van der Waals surface area contributed by atoms with Gasteiger partial charge in [0.25, 0.3) is 5.56 Å². The van der Waals surface area contributed by atoms with Gasteiger partial charge in [-0.25, -0.2) is 14.8 Å². The summed E-state index contributed by atoms with van der Waals surface area (Å²) in [4.78, 5) is 37.1. The Labute approximate surface area is 133 Å². The highest BCUT2D eigenvalue weighted by Crippen LogP contribution is 2.14. The number of anilines is 1. The van der Waals surface area contributed by atoms with E-state index in [1.165, 1.54) is 11.6 Å². The number of aromatic nitrogens is 4. The molecule has 1 saturated heterocycles. The SMILES string of the molecule is CN1CCN(c2cnc3c(n2)c(=O)n(C)c(=O)n3C)CC1.Cl. The zero-order chi connectivity index (χ0) is 15.1. The van der Waals surface area contributed by atoms with Crippen molar-refractivity contribution in [1.29, 1.82) is 0 Å². The fraction of sp³-hybridized carbons (Fsp3) is 0.538. The molecule has 1 aliphatic heterocycles. The van der Waals surface area contributed by atoms with E-state index in [1.807, 2.05) is 0 Å². The van der Waals surface area contributed by atoms with Crippen molar-refractivity contribution >= 4 is 29.4 Å². The molecule has 9 heteroatoms. The van der Waals surface area contributed by atoms with Gasteiger partial charge in [0.05, 0.1) is 6.20 Å². The molecular formula is C13H19ClN6O2. The zero-order valence-electron chi connectivity index (χ0n) is 12.8. The second kappa shape index (κ2) is 6.05. The lowest BCUT2D eigenvalue weighted by atomic mass is 10.3. The van der Waals surface area contributed by atoms with Crippen molar-refractivity contribution in [3.63, 3.8) is 0 Å². The number of fused-ring (bicyclic) bond motifs is 1. The van der Waals surface area contributed by atoms with E-state index in [2.05, 4.69) is 26.8 Å². The number of hydrogen-bond acceptors (Lipinski definition) is 6. The maximum Gasteiger partial charge on any atom is 0.332 e. The topological polar surface area (TPSA) is 76.3 Å². The van der Waals surface area contributed by atoms with Crippen molar-refractivity contribution in [2.24, 2.45) is 14.1 Å². The van der Waals surface area contributed by atoms with Crippen LogP contribution in [0, 0.1) is 0 Å². The largest absolute Gasteiger partial charge is 0.353 e. The quantitative estimate of drug-likeness (QED) is 0.683. The minimum absolute atomic E-state index is 0. The van der Waals surface area contributed by atoms with Crippen LogP contribution in [0.1, 0.15) is 0 Å². The Morgan fingerprint density at radius 3 is 2.27 bits per heavy atom. The van der Waals surface area contributed by atoms with Crippen LogP contribution in [-0.2, 0) is 14.1 Å². The Kier molecular flexibility index (Phi) is 4.52. The third kappa shape index (κ3) is 2.59. The van der Waals surface area contributed by atoms with Crippen molar-refractivity contribution in [3.05, 3.63) is 27.0 Å².